The first-order chi connectivity index (χ1) is 7.41. The van der Waals surface area contributed by atoms with Crippen molar-refractivity contribution in [3.63, 3.8) is 0 Å². The van der Waals surface area contributed by atoms with Crippen molar-refractivity contribution in [2.45, 2.75) is 39.7 Å². The molecule has 92 valence electrons. The van der Waals surface area contributed by atoms with Gasteiger partial charge in [-0.1, -0.05) is 27.2 Å². The van der Waals surface area contributed by atoms with Gasteiger partial charge in [-0.05, 0) is 17.6 Å². The van der Waals surface area contributed by atoms with Gasteiger partial charge in [0.2, 0.25) is 0 Å². The predicted molar refractivity (Wildman–Crippen MR) is 66.6 cm³/mol. The van der Waals surface area contributed by atoms with Gasteiger partial charge < -0.3 is 5.32 Å². The maximum absolute atomic E-state index is 11.9. The van der Waals surface area contributed by atoms with Crippen LogP contribution in [-0.2, 0) is 4.79 Å². The van der Waals surface area contributed by atoms with E-state index in [4.69, 9.17) is 0 Å². The molecule has 1 aliphatic heterocycles. The van der Waals surface area contributed by atoms with E-state index in [1.165, 1.54) is 4.90 Å². The fourth-order valence-corrected chi connectivity index (χ4v) is 1.79. The molecule has 0 radical (unpaired) electrons. The van der Waals surface area contributed by atoms with Crippen molar-refractivity contribution in [1.29, 1.82) is 0 Å². The molecule has 4 nitrogen and oxygen atoms in total. The van der Waals surface area contributed by atoms with E-state index in [2.05, 4.69) is 17.9 Å². The first-order valence-electron chi connectivity index (χ1n) is 5.64. The fourth-order valence-electron chi connectivity index (χ4n) is 1.69. The highest BCUT2D eigenvalue weighted by atomic mass is 32.1. The number of hydrogen-bond donors (Lipinski definition) is 2. The summed E-state index contributed by atoms with van der Waals surface area (Å²) in [4.78, 5) is 24.9. The summed E-state index contributed by atoms with van der Waals surface area (Å²) < 4.78 is 0. The monoisotopic (exact) mass is 244 g/mol. The predicted octanol–water partition coefficient (Wildman–Crippen LogP) is 1.66. The lowest BCUT2D eigenvalue weighted by Crippen LogP contribution is -2.40. The molecule has 1 heterocycles. The number of thiol groups is 1. The molecule has 0 saturated carbocycles. The molecule has 1 unspecified atom stereocenters. The zero-order chi connectivity index (χ0) is 12.3. The summed E-state index contributed by atoms with van der Waals surface area (Å²) >= 11 is 4.23. The van der Waals surface area contributed by atoms with Crippen molar-refractivity contribution in [3.8, 4) is 0 Å². The molecule has 5 heteroatoms. The summed E-state index contributed by atoms with van der Waals surface area (Å²) in [6, 6.07) is -0.591. The molecule has 0 aromatic rings. The van der Waals surface area contributed by atoms with E-state index in [0.29, 0.717) is 18.7 Å². The second-order valence-electron chi connectivity index (χ2n) is 5.04. The van der Waals surface area contributed by atoms with Crippen molar-refractivity contribution in [2.24, 2.45) is 5.41 Å². The Kier molecular flexibility index (Phi) is 4.24. The largest absolute Gasteiger partial charge is 0.326 e. The number of urea groups is 1. The van der Waals surface area contributed by atoms with Crippen molar-refractivity contribution < 1.29 is 9.59 Å². The molecular weight excluding hydrogens is 224 g/mol. The van der Waals surface area contributed by atoms with Gasteiger partial charge in [-0.2, -0.15) is 12.6 Å². The van der Waals surface area contributed by atoms with Crippen molar-refractivity contribution in [3.05, 3.63) is 0 Å². The maximum atomic E-state index is 11.9. The lowest BCUT2D eigenvalue weighted by Gasteiger charge is -2.26. The van der Waals surface area contributed by atoms with Crippen LogP contribution in [0.15, 0.2) is 0 Å². The molecule has 1 fully saturated rings. The maximum Gasteiger partial charge on any atom is 0.324 e. The third-order valence-corrected chi connectivity index (χ3v) is 3.55. The molecular formula is C11H20N2O2S. The SMILES string of the molecule is CCCC1NC(=O)N(CC(C)(C)CS)C1=O. The lowest BCUT2D eigenvalue weighted by atomic mass is 9.95. The number of imide groups is 1. The van der Waals surface area contributed by atoms with Gasteiger partial charge in [-0.3, -0.25) is 9.69 Å². The van der Waals surface area contributed by atoms with Crippen LogP contribution in [0.4, 0.5) is 4.79 Å². The number of carbonyl (C=O) groups is 2. The minimum absolute atomic E-state index is 0.0956. The van der Waals surface area contributed by atoms with E-state index in [0.717, 1.165) is 6.42 Å². The number of hydrogen-bond acceptors (Lipinski definition) is 3. The van der Waals surface area contributed by atoms with Crippen LogP contribution in [0.25, 0.3) is 0 Å². The minimum Gasteiger partial charge on any atom is -0.326 e. The fraction of sp³-hybridized carbons (Fsp3) is 0.818. The highest BCUT2D eigenvalue weighted by Crippen LogP contribution is 2.22. The summed E-state index contributed by atoms with van der Waals surface area (Å²) in [6.07, 6.45) is 1.60. The molecule has 1 aliphatic rings. The van der Waals surface area contributed by atoms with Crippen molar-refractivity contribution in [1.82, 2.24) is 10.2 Å². The summed E-state index contributed by atoms with van der Waals surface area (Å²) in [5.74, 6) is 0.546. The Balaban J connectivity index is 2.68. The quantitative estimate of drug-likeness (QED) is 0.571. The highest BCUT2D eigenvalue weighted by Gasteiger charge is 2.39. The third-order valence-electron chi connectivity index (χ3n) is 2.70. The van der Waals surface area contributed by atoms with Crippen LogP contribution in [-0.4, -0.2) is 35.2 Å². The van der Waals surface area contributed by atoms with E-state index in [1.807, 2.05) is 20.8 Å². The van der Waals surface area contributed by atoms with Gasteiger partial charge >= 0.3 is 6.03 Å². The van der Waals surface area contributed by atoms with Gasteiger partial charge in [0.1, 0.15) is 6.04 Å². The third kappa shape index (κ3) is 2.90. The van der Waals surface area contributed by atoms with Gasteiger partial charge in [0, 0.05) is 6.54 Å². The minimum atomic E-state index is -0.326. The van der Waals surface area contributed by atoms with Crippen LogP contribution in [0.2, 0.25) is 0 Å². The molecule has 0 bridgehead atoms. The van der Waals surface area contributed by atoms with Crippen molar-refractivity contribution in [2.75, 3.05) is 12.3 Å². The number of carbonyl (C=O) groups excluding carboxylic acids is 2. The lowest BCUT2D eigenvalue weighted by molar-refractivity contribution is -0.128. The smallest absolute Gasteiger partial charge is 0.324 e. The Labute approximate surface area is 102 Å². The van der Waals surface area contributed by atoms with Crippen LogP contribution in [0.5, 0.6) is 0 Å². The standard InChI is InChI=1S/C11H20N2O2S/c1-4-5-8-9(14)13(10(15)12-8)6-11(2,3)7-16/h8,16H,4-7H2,1-3H3,(H,12,15). The van der Waals surface area contributed by atoms with E-state index < -0.39 is 0 Å². The van der Waals surface area contributed by atoms with Gasteiger partial charge in [0.25, 0.3) is 5.91 Å². The Morgan fingerprint density at radius 1 is 1.44 bits per heavy atom. The van der Waals surface area contributed by atoms with Crippen LogP contribution >= 0.6 is 12.6 Å². The van der Waals surface area contributed by atoms with Crippen molar-refractivity contribution >= 4 is 24.6 Å². The van der Waals surface area contributed by atoms with E-state index in [1.54, 1.807) is 0 Å². The molecule has 1 saturated heterocycles. The zero-order valence-corrected chi connectivity index (χ0v) is 11.0. The normalized spacial score (nSPS) is 21.5. The summed E-state index contributed by atoms with van der Waals surface area (Å²) in [5, 5.41) is 2.71. The van der Waals surface area contributed by atoms with Crippen LogP contribution in [0.3, 0.4) is 0 Å². The molecule has 0 aromatic heterocycles. The van der Waals surface area contributed by atoms with E-state index in [9.17, 15) is 9.59 Å². The molecule has 1 N–H and O–H groups in total. The molecule has 0 aromatic carbocycles. The number of nitrogens with one attached hydrogen (secondary N) is 1. The average Bonchev–Trinajstić information content (AvgIpc) is 2.47. The summed E-state index contributed by atoms with van der Waals surface area (Å²) in [6.45, 7) is 6.42. The van der Waals surface area contributed by atoms with Gasteiger partial charge in [-0.15, -0.1) is 0 Å². The average molecular weight is 244 g/mol. The number of nitrogens with zero attached hydrogens (tertiary/aromatic N) is 1. The molecule has 16 heavy (non-hydrogen) atoms. The van der Waals surface area contributed by atoms with E-state index >= 15 is 0 Å². The van der Waals surface area contributed by atoms with E-state index in [-0.39, 0.29) is 23.4 Å². The first-order valence-corrected chi connectivity index (χ1v) is 6.27. The topological polar surface area (TPSA) is 49.4 Å². The Morgan fingerprint density at radius 3 is 2.56 bits per heavy atom. The Morgan fingerprint density at radius 2 is 2.06 bits per heavy atom. The molecule has 0 aliphatic carbocycles. The second-order valence-corrected chi connectivity index (χ2v) is 5.35. The zero-order valence-electron chi connectivity index (χ0n) is 10.1. The molecule has 0 spiro atoms. The van der Waals surface area contributed by atoms with Crippen LogP contribution in [0.1, 0.15) is 33.6 Å². The first kappa shape index (κ1) is 13.4. The van der Waals surface area contributed by atoms with Crippen LogP contribution < -0.4 is 5.32 Å². The number of amides is 3. The van der Waals surface area contributed by atoms with Gasteiger partial charge in [0.15, 0.2) is 0 Å². The summed E-state index contributed by atoms with van der Waals surface area (Å²) in [5.41, 5.74) is -0.142. The Bertz CT molecular complexity index is 292. The van der Waals surface area contributed by atoms with Gasteiger partial charge in [-0.25, -0.2) is 4.79 Å². The molecule has 1 atom stereocenters. The van der Waals surface area contributed by atoms with Gasteiger partial charge in [0.05, 0.1) is 0 Å². The molecule has 3 amide bonds. The number of rotatable bonds is 5. The highest BCUT2D eigenvalue weighted by molar-refractivity contribution is 7.80. The molecule has 1 rings (SSSR count). The summed E-state index contributed by atoms with van der Waals surface area (Å²) in [7, 11) is 0. The van der Waals surface area contributed by atoms with Crippen LogP contribution in [0, 0.1) is 5.41 Å². The Hall–Kier alpha value is -0.710. The second kappa shape index (κ2) is 5.08.